The van der Waals surface area contributed by atoms with Crippen LogP contribution in [0.4, 0.5) is 0 Å². The van der Waals surface area contributed by atoms with Crippen LogP contribution in [0.1, 0.15) is 12.0 Å². The number of hydrogen-bond acceptors (Lipinski definition) is 3. The lowest BCUT2D eigenvalue weighted by Gasteiger charge is -2.14. The smallest absolute Gasteiger partial charge is 0.240 e. The molecule has 1 saturated heterocycles. The predicted octanol–water partition coefficient (Wildman–Crippen LogP) is 0.756. The van der Waals surface area contributed by atoms with E-state index in [1.807, 2.05) is 18.2 Å². The lowest BCUT2D eigenvalue weighted by molar-refractivity contribution is -0.128. The minimum absolute atomic E-state index is 0.0921. The van der Waals surface area contributed by atoms with Gasteiger partial charge in [-0.2, -0.15) is 0 Å². The Morgan fingerprint density at radius 3 is 2.79 bits per heavy atom. The molecule has 1 aromatic rings. The zero-order chi connectivity index (χ0) is 13.7. The second-order valence-electron chi connectivity index (χ2n) is 4.82. The molecule has 1 N–H and O–H groups in total. The molecule has 0 radical (unpaired) electrons. The van der Waals surface area contributed by atoms with Gasteiger partial charge >= 0.3 is 0 Å². The quantitative estimate of drug-likeness (QED) is 0.837. The van der Waals surface area contributed by atoms with Crippen molar-refractivity contribution in [1.29, 1.82) is 0 Å². The molecule has 0 bridgehead atoms. The van der Waals surface area contributed by atoms with Crippen LogP contribution in [0.25, 0.3) is 0 Å². The Labute approximate surface area is 116 Å². The van der Waals surface area contributed by atoms with Gasteiger partial charge in [0.05, 0.1) is 12.7 Å². The van der Waals surface area contributed by atoms with Crippen molar-refractivity contribution >= 4 is 16.7 Å². The Hall–Kier alpha value is -1.20. The largest absolute Gasteiger partial charge is 0.328 e. The molecule has 5 heteroatoms. The monoisotopic (exact) mass is 280 g/mol. The molecule has 104 valence electrons. The summed E-state index contributed by atoms with van der Waals surface area (Å²) in [6.45, 7) is 1.16. The Morgan fingerprint density at radius 1 is 1.37 bits per heavy atom. The lowest BCUT2D eigenvalue weighted by Crippen LogP contribution is -2.33. The second kappa shape index (κ2) is 6.82. The molecule has 0 aliphatic carbocycles. The highest BCUT2D eigenvalue weighted by molar-refractivity contribution is 7.84. The first-order valence-corrected chi connectivity index (χ1v) is 8.25. The summed E-state index contributed by atoms with van der Waals surface area (Å²) in [7, 11) is -0.843. The highest BCUT2D eigenvalue weighted by atomic mass is 32.2. The molecular formula is C14H20N2O2S. The van der Waals surface area contributed by atoms with Gasteiger partial charge in [-0.1, -0.05) is 30.3 Å². The second-order valence-corrected chi connectivity index (χ2v) is 6.37. The van der Waals surface area contributed by atoms with Crippen LogP contribution in [-0.4, -0.2) is 46.3 Å². The van der Waals surface area contributed by atoms with Gasteiger partial charge < -0.3 is 4.90 Å². The molecule has 1 fully saturated rings. The van der Waals surface area contributed by atoms with Crippen molar-refractivity contribution in [2.75, 3.05) is 25.2 Å². The van der Waals surface area contributed by atoms with E-state index in [4.69, 9.17) is 0 Å². The van der Waals surface area contributed by atoms with Crippen LogP contribution in [0.5, 0.6) is 0 Å². The molecule has 2 atom stereocenters. The Balaban J connectivity index is 1.80. The molecule has 1 aliphatic rings. The highest BCUT2D eigenvalue weighted by Gasteiger charge is 2.30. The summed E-state index contributed by atoms with van der Waals surface area (Å²) in [6.07, 6.45) is 3.38. The van der Waals surface area contributed by atoms with Gasteiger partial charge in [0.1, 0.15) is 0 Å². The molecular weight excluding hydrogens is 260 g/mol. The van der Waals surface area contributed by atoms with E-state index >= 15 is 0 Å². The van der Waals surface area contributed by atoms with E-state index in [0.29, 0.717) is 19.0 Å². The van der Waals surface area contributed by atoms with Gasteiger partial charge in [-0.25, -0.2) is 0 Å². The summed E-state index contributed by atoms with van der Waals surface area (Å²) in [4.78, 5) is 13.9. The van der Waals surface area contributed by atoms with E-state index < -0.39 is 10.8 Å². The summed E-state index contributed by atoms with van der Waals surface area (Å²) in [6, 6.07) is 10.1. The summed E-state index contributed by atoms with van der Waals surface area (Å²) < 4.78 is 11.1. The van der Waals surface area contributed by atoms with Crippen LogP contribution in [0, 0.1) is 0 Å². The molecule has 1 aliphatic heterocycles. The first kappa shape index (κ1) is 14.2. The zero-order valence-electron chi connectivity index (χ0n) is 11.2. The van der Waals surface area contributed by atoms with E-state index in [0.717, 1.165) is 12.8 Å². The van der Waals surface area contributed by atoms with E-state index in [-0.39, 0.29) is 11.9 Å². The van der Waals surface area contributed by atoms with Gasteiger partial charge in [0.2, 0.25) is 5.91 Å². The lowest BCUT2D eigenvalue weighted by atomic mass is 10.1. The number of hydrogen-bond donors (Lipinski definition) is 1. The Bertz CT molecular complexity index is 450. The van der Waals surface area contributed by atoms with Crippen molar-refractivity contribution in [3.63, 3.8) is 0 Å². The van der Waals surface area contributed by atoms with Crippen molar-refractivity contribution in [2.24, 2.45) is 0 Å². The van der Waals surface area contributed by atoms with E-state index in [2.05, 4.69) is 17.4 Å². The number of nitrogens with one attached hydrogen (secondary N) is 1. The van der Waals surface area contributed by atoms with Crippen molar-refractivity contribution < 1.29 is 9.00 Å². The fourth-order valence-electron chi connectivity index (χ4n) is 2.22. The van der Waals surface area contributed by atoms with Gasteiger partial charge in [0.25, 0.3) is 0 Å². The maximum atomic E-state index is 12.1. The molecule has 1 aromatic carbocycles. The van der Waals surface area contributed by atoms with E-state index in [1.165, 1.54) is 5.56 Å². The van der Waals surface area contributed by atoms with E-state index in [1.54, 1.807) is 11.2 Å². The molecule has 1 amide bonds. The zero-order valence-corrected chi connectivity index (χ0v) is 12.0. The highest BCUT2D eigenvalue weighted by Crippen LogP contribution is 2.11. The van der Waals surface area contributed by atoms with Gasteiger partial charge in [-0.05, 0) is 18.4 Å². The number of carbonyl (C=O) groups excluding carboxylic acids is 1. The van der Waals surface area contributed by atoms with Gasteiger partial charge in [-0.15, -0.1) is 0 Å². The summed E-state index contributed by atoms with van der Waals surface area (Å²) in [5.74, 6) is 0.695. The Kier molecular flexibility index (Phi) is 5.10. The normalized spacial score (nSPS) is 20.8. The summed E-state index contributed by atoms with van der Waals surface area (Å²) in [5.41, 5.74) is 1.25. The van der Waals surface area contributed by atoms with Gasteiger partial charge in [0.15, 0.2) is 0 Å². The van der Waals surface area contributed by atoms with Crippen LogP contribution in [0.15, 0.2) is 30.3 Å². The fraction of sp³-hybridized carbons (Fsp3) is 0.500. The topological polar surface area (TPSA) is 49.4 Å². The van der Waals surface area contributed by atoms with E-state index in [9.17, 15) is 9.00 Å². The first-order chi connectivity index (χ1) is 9.16. The fourth-order valence-corrected chi connectivity index (χ4v) is 2.69. The number of benzene rings is 1. The molecule has 0 spiro atoms. The molecule has 4 nitrogen and oxygen atoms in total. The number of aryl methyl sites for hydroxylation is 1. The van der Waals surface area contributed by atoms with Gasteiger partial charge in [-0.3, -0.25) is 14.3 Å². The van der Waals surface area contributed by atoms with Crippen LogP contribution < -0.4 is 5.32 Å². The third-order valence-electron chi connectivity index (χ3n) is 3.35. The SMILES string of the molecule is CS(=O)CCN1CNC(CCc2ccccc2)C1=O. The third-order valence-corrected chi connectivity index (χ3v) is 4.11. The minimum atomic E-state index is -0.843. The Morgan fingerprint density at radius 2 is 2.11 bits per heavy atom. The summed E-state index contributed by atoms with van der Waals surface area (Å²) in [5, 5.41) is 3.23. The summed E-state index contributed by atoms with van der Waals surface area (Å²) >= 11 is 0. The van der Waals surface area contributed by atoms with Crippen LogP contribution in [-0.2, 0) is 22.0 Å². The van der Waals surface area contributed by atoms with Crippen molar-refractivity contribution in [3.05, 3.63) is 35.9 Å². The number of carbonyl (C=O) groups is 1. The molecule has 2 rings (SSSR count). The average Bonchev–Trinajstić information content (AvgIpc) is 2.76. The van der Waals surface area contributed by atoms with Crippen LogP contribution >= 0.6 is 0 Å². The van der Waals surface area contributed by atoms with Gasteiger partial charge in [0, 0.05) is 29.4 Å². The van der Waals surface area contributed by atoms with Crippen molar-refractivity contribution in [2.45, 2.75) is 18.9 Å². The van der Waals surface area contributed by atoms with Crippen LogP contribution in [0.2, 0.25) is 0 Å². The number of nitrogens with zero attached hydrogens (tertiary/aromatic N) is 1. The van der Waals surface area contributed by atoms with Crippen LogP contribution in [0.3, 0.4) is 0 Å². The minimum Gasteiger partial charge on any atom is -0.328 e. The standard InChI is InChI=1S/C14H20N2O2S/c1-19(18)10-9-16-11-15-13(14(16)17)8-7-12-5-3-2-4-6-12/h2-6,13,15H,7-11H2,1H3. The molecule has 19 heavy (non-hydrogen) atoms. The predicted molar refractivity (Wildman–Crippen MR) is 77.2 cm³/mol. The average molecular weight is 280 g/mol. The molecule has 2 unspecified atom stereocenters. The van der Waals surface area contributed by atoms with Crippen molar-refractivity contribution in [3.8, 4) is 0 Å². The number of rotatable bonds is 6. The first-order valence-electron chi connectivity index (χ1n) is 6.53. The molecule has 1 heterocycles. The third kappa shape index (κ3) is 4.14. The maximum Gasteiger partial charge on any atom is 0.240 e. The number of amides is 1. The maximum absolute atomic E-state index is 12.1. The van der Waals surface area contributed by atoms with Crippen molar-refractivity contribution in [1.82, 2.24) is 10.2 Å². The molecule has 0 aromatic heterocycles. The molecule has 0 saturated carbocycles.